The molecule has 0 spiro atoms. The average molecular weight is 298 g/mol. The summed E-state index contributed by atoms with van der Waals surface area (Å²) in [6.45, 7) is 0. The van der Waals surface area contributed by atoms with Gasteiger partial charge >= 0.3 is 6.04 Å². The molecule has 0 unspecified atom stereocenters. The molecule has 3 aromatic rings. The van der Waals surface area contributed by atoms with Crippen molar-refractivity contribution in [1.29, 1.82) is 0 Å². The summed E-state index contributed by atoms with van der Waals surface area (Å²) in [6, 6.07) is 8.28. The largest absolute Gasteiger partial charge is 0.343 e. The third-order valence-corrected chi connectivity index (χ3v) is 4.63. The Morgan fingerprint density at radius 1 is 1.24 bits per heavy atom. The molecule has 1 aliphatic carbocycles. The van der Waals surface area contributed by atoms with Crippen molar-refractivity contribution in [3.05, 3.63) is 47.0 Å². The number of carbonyl (C=O) groups is 1. The predicted octanol–water partition coefficient (Wildman–Crippen LogP) is 4.35. The van der Waals surface area contributed by atoms with Crippen LogP contribution in [0.25, 0.3) is 22.2 Å². The third-order valence-electron chi connectivity index (χ3n) is 3.79. The molecule has 0 atom stereocenters. The van der Waals surface area contributed by atoms with E-state index < -0.39 is 6.04 Å². The molecule has 4 rings (SSSR count). The van der Waals surface area contributed by atoms with Gasteiger partial charge in [-0.15, -0.1) is 0 Å². The summed E-state index contributed by atoms with van der Waals surface area (Å²) in [5.41, 5.74) is 3.31. The second-order valence-corrected chi connectivity index (χ2v) is 5.97. The summed E-state index contributed by atoms with van der Waals surface area (Å²) >= 11 is 0.961. The fraction of sp³-hybridized carbons (Fsp3) is 0.188. The number of rotatable bonds is 3. The smallest absolute Gasteiger partial charge is 0.256 e. The molecule has 2 heterocycles. The zero-order valence-electron chi connectivity index (χ0n) is 11.0. The quantitative estimate of drug-likeness (QED) is 0.675. The zero-order valence-corrected chi connectivity index (χ0v) is 11.9. The molecule has 21 heavy (non-hydrogen) atoms. The van der Waals surface area contributed by atoms with Crippen molar-refractivity contribution in [2.45, 2.75) is 18.8 Å². The molecule has 1 aliphatic rings. The van der Waals surface area contributed by atoms with Crippen molar-refractivity contribution in [2.75, 3.05) is 0 Å². The van der Waals surface area contributed by atoms with Gasteiger partial charge < -0.3 is 0 Å². The summed E-state index contributed by atoms with van der Waals surface area (Å²) in [4.78, 5) is 15.7. The first-order chi connectivity index (χ1) is 10.3. The number of hydrogen-bond donors (Lipinski definition) is 0. The van der Waals surface area contributed by atoms with Crippen molar-refractivity contribution >= 4 is 28.5 Å². The minimum absolute atomic E-state index is 0.161. The number of pyridine rings is 1. The van der Waals surface area contributed by atoms with Gasteiger partial charge in [-0.1, -0.05) is 18.2 Å². The molecular formula is C16H11FN2OS. The summed E-state index contributed by atoms with van der Waals surface area (Å²) in [7, 11) is 0. The highest BCUT2D eigenvalue weighted by Gasteiger charge is 2.34. The van der Waals surface area contributed by atoms with Crippen LogP contribution in [-0.2, 0) is 0 Å². The second kappa shape index (κ2) is 4.70. The van der Waals surface area contributed by atoms with Gasteiger partial charge in [0.25, 0.3) is 0 Å². The maximum absolute atomic E-state index is 13.2. The van der Waals surface area contributed by atoms with Crippen LogP contribution in [-0.4, -0.2) is 15.4 Å². The van der Waals surface area contributed by atoms with Crippen LogP contribution in [0.4, 0.5) is 4.39 Å². The van der Waals surface area contributed by atoms with Gasteiger partial charge in [0.2, 0.25) is 0 Å². The maximum atomic E-state index is 13.2. The molecule has 0 radical (unpaired) electrons. The van der Waals surface area contributed by atoms with Gasteiger partial charge in [0.15, 0.2) is 0 Å². The molecule has 0 bridgehead atoms. The highest BCUT2D eigenvalue weighted by Crippen LogP contribution is 2.48. The molecule has 3 nitrogen and oxygen atoms in total. The van der Waals surface area contributed by atoms with E-state index in [9.17, 15) is 9.18 Å². The lowest BCUT2D eigenvalue weighted by atomic mass is 9.99. The molecule has 104 valence electrons. The lowest BCUT2D eigenvalue weighted by Gasteiger charge is -2.06. The molecule has 1 fully saturated rings. The van der Waals surface area contributed by atoms with Gasteiger partial charge in [0.05, 0.1) is 11.2 Å². The SMILES string of the molecule is O=C(F)c1snc(-c2cccc3ncccc23)c1C1CC1. The second-order valence-electron chi connectivity index (χ2n) is 5.20. The molecule has 1 aromatic carbocycles. The molecule has 0 amide bonds. The van der Waals surface area contributed by atoms with Crippen molar-refractivity contribution in [1.82, 2.24) is 9.36 Å². The lowest BCUT2D eigenvalue weighted by Crippen LogP contribution is -1.94. The van der Waals surface area contributed by atoms with E-state index in [0.29, 0.717) is 0 Å². The number of benzene rings is 1. The first kappa shape index (κ1) is 12.6. The molecule has 0 aliphatic heterocycles. The van der Waals surface area contributed by atoms with E-state index in [-0.39, 0.29) is 10.8 Å². The Hall–Kier alpha value is -2.14. The highest BCUT2D eigenvalue weighted by molar-refractivity contribution is 7.08. The number of carbonyl (C=O) groups excluding carboxylic acids is 1. The fourth-order valence-corrected chi connectivity index (χ4v) is 3.51. The minimum atomic E-state index is -1.38. The Morgan fingerprint density at radius 2 is 2.10 bits per heavy atom. The van der Waals surface area contributed by atoms with Crippen LogP contribution in [0.5, 0.6) is 0 Å². The van der Waals surface area contributed by atoms with Gasteiger partial charge in [-0.05, 0) is 42.4 Å². The van der Waals surface area contributed by atoms with E-state index in [1.165, 1.54) is 0 Å². The van der Waals surface area contributed by atoms with Crippen molar-refractivity contribution in [2.24, 2.45) is 0 Å². The van der Waals surface area contributed by atoms with E-state index in [1.54, 1.807) is 6.20 Å². The van der Waals surface area contributed by atoms with Crippen molar-refractivity contribution in [3.63, 3.8) is 0 Å². The van der Waals surface area contributed by atoms with Gasteiger partial charge in [-0.2, -0.15) is 8.76 Å². The van der Waals surface area contributed by atoms with Crippen LogP contribution >= 0.6 is 11.5 Å². The Kier molecular flexibility index (Phi) is 2.82. The van der Waals surface area contributed by atoms with Crippen LogP contribution in [0.15, 0.2) is 36.5 Å². The number of nitrogens with zero attached hydrogens (tertiary/aromatic N) is 2. The van der Waals surface area contributed by atoms with Crippen LogP contribution in [0.3, 0.4) is 0 Å². The number of halogens is 1. The minimum Gasteiger partial charge on any atom is -0.256 e. The summed E-state index contributed by atoms with van der Waals surface area (Å²) < 4.78 is 17.6. The highest BCUT2D eigenvalue weighted by atomic mass is 32.1. The molecule has 5 heteroatoms. The molecule has 0 N–H and O–H groups in total. The predicted molar refractivity (Wildman–Crippen MR) is 80.3 cm³/mol. The van der Waals surface area contributed by atoms with Crippen LogP contribution in [0.2, 0.25) is 0 Å². The monoisotopic (exact) mass is 298 g/mol. The van der Waals surface area contributed by atoms with E-state index >= 15 is 0 Å². The van der Waals surface area contributed by atoms with E-state index in [2.05, 4.69) is 9.36 Å². The fourth-order valence-electron chi connectivity index (χ4n) is 2.69. The average Bonchev–Trinajstić information content (AvgIpc) is 3.25. The first-order valence-electron chi connectivity index (χ1n) is 6.79. The standard InChI is InChI=1S/C16H11FN2OS/c17-16(20)15-13(9-6-7-9)14(19-21-15)11-3-1-5-12-10(11)4-2-8-18-12/h1-5,8-9H,6-7H2. The third kappa shape index (κ3) is 2.05. The summed E-state index contributed by atoms with van der Waals surface area (Å²) in [6.07, 6.45) is 3.73. The summed E-state index contributed by atoms with van der Waals surface area (Å²) in [5.74, 6) is 0.264. The summed E-state index contributed by atoms with van der Waals surface area (Å²) in [5, 5.41) is 0.977. The van der Waals surface area contributed by atoms with Crippen LogP contribution in [0.1, 0.15) is 34.0 Å². The normalized spacial score (nSPS) is 14.5. The van der Waals surface area contributed by atoms with Crippen molar-refractivity contribution in [3.8, 4) is 11.3 Å². The zero-order chi connectivity index (χ0) is 14.4. The molecule has 2 aromatic heterocycles. The van der Waals surface area contributed by atoms with Crippen molar-refractivity contribution < 1.29 is 9.18 Å². The Bertz CT molecular complexity index is 849. The number of hydrogen-bond acceptors (Lipinski definition) is 4. The lowest BCUT2D eigenvalue weighted by molar-refractivity contribution is 0.0839. The topological polar surface area (TPSA) is 42.9 Å². The van der Waals surface area contributed by atoms with E-state index in [0.717, 1.165) is 52.1 Å². The van der Waals surface area contributed by atoms with Crippen LogP contribution < -0.4 is 0 Å². The Morgan fingerprint density at radius 3 is 2.86 bits per heavy atom. The van der Waals surface area contributed by atoms with Crippen LogP contribution in [0, 0.1) is 0 Å². The number of aromatic nitrogens is 2. The molecular weight excluding hydrogens is 287 g/mol. The molecule has 0 saturated heterocycles. The number of fused-ring (bicyclic) bond motifs is 1. The van der Waals surface area contributed by atoms with Gasteiger partial charge in [-0.25, -0.2) is 0 Å². The van der Waals surface area contributed by atoms with E-state index in [4.69, 9.17) is 0 Å². The Labute approximate surface area is 124 Å². The maximum Gasteiger partial charge on any atom is 0.343 e. The van der Waals surface area contributed by atoms with Gasteiger partial charge in [0.1, 0.15) is 4.88 Å². The van der Waals surface area contributed by atoms with E-state index in [1.807, 2.05) is 30.3 Å². The first-order valence-corrected chi connectivity index (χ1v) is 7.56. The Balaban J connectivity index is 1.99. The molecule has 1 saturated carbocycles. The van der Waals surface area contributed by atoms with Gasteiger partial charge in [0, 0.05) is 22.7 Å². The van der Waals surface area contributed by atoms with Gasteiger partial charge in [-0.3, -0.25) is 9.78 Å².